The summed E-state index contributed by atoms with van der Waals surface area (Å²) in [4.78, 5) is 29.3. The van der Waals surface area contributed by atoms with Crippen LogP contribution in [0, 0.1) is 11.8 Å². The number of hydrogen-bond donors (Lipinski definition) is 0. The Morgan fingerprint density at radius 3 is 1.61 bits per heavy atom. The summed E-state index contributed by atoms with van der Waals surface area (Å²) in [5, 5.41) is 0. The van der Waals surface area contributed by atoms with Crippen molar-refractivity contribution in [1.29, 1.82) is 0 Å². The molecule has 0 radical (unpaired) electrons. The maximum atomic E-state index is 13.9. The maximum Gasteiger partial charge on any atom is 0.238 e. The summed E-state index contributed by atoms with van der Waals surface area (Å²) >= 11 is 0. The summed E-state index contributed by atoms with van der Waals surface area (Å²) in [6, 6.07) is 28.3. The lowest BCUT2D eigenvalue weighted by atomic mass is 9.64. The highest BCUT2D eigenvalue weighted by molar-refractivity contribution is 6.23. The third kappa shape index (κ3) is 3.29. The number of imide groups is 1. The van der Waals surface area contributed by atoms with Gasteiger partial charge in [0.15, 0.2) is 0 Å². The molecule has 5 rings (SSSR count). The van der Waals surface area contributed by atoms with Crippen molar-refractivity contribution in [2.75, 3.05) is 4.90 Å². The molecule has 1 aliphatic carbocycles. The molecule has 3 nitrogen and oxygen atoms in total. The van der Waals surface area contributed by atoms with E-state index in [0.29, 0.717) is 0 Å². The summed E-state index contributed by atoms with van der Waals surface area (Å²) in [6.07, 6.45) is 2.60. The molecule has 1 saturated carbocycles. The van der Waals surface area contributed by atoms with Crippen molar-refractivity contribution in [3.05, 3.63) is 102 Å². The molecule has 0 aromatic heterocycles. The highest BCUT2D eigenvalue weighted by atomic mass is 16.2. The fourth-order valence-electron chi connectivity index (χ4n) is 5.69. The number of rotatable bonds is 4. The van der Waals surface area contributed by atoms with Crippen molar-refractivity contribution in [1.82, 2.24) is 0 Å². The Kier molecular flexibility index (Phi) is 5.19. The SMILES string of the molecule is CCc1ccccc1N1C(=O)[C@H]2[C@H](C1=O)[C@H](c1ccccc1)CC[C@@H]2c1ccccc1. The Bertz CT molecular complexity index is 1030. The van der Waals surface area contributed by atoms with E-state index in [9.17, 15) is 9.59 Å². The molecule has 3 heteroatoms. The average molecular weight is 410 g/mol. The van der Waals surface area contributed by atoms with Gasteiger partial charge in [-0.2, -0.15) is 0 Å². The second-order valence-corrected chi connectivity index (χ2v) is 8.66. The van der Waals surface area contributed by atoms with Gasteiger partial charge in [0.05, 0.1) is 17.5 Å². The maximum absolute atomic E-state index is 13.9. The van der Waals surface area contributed by atoms with Crippen LogP contribution in [0.4, 0.5) is 5.69 Å². The van der Waals surface area contributed by atoms with Crippen molar-refractivity contribution in [2.24, 2.45) is 11.8 Å². The molecule has 0 bridgehead atoms. The van der Waals surface area contributed by atoms with Gasteiger partial charge in [-0.3, -0.25) is 9.59 Å². The molecular weight excluding hydrogens is 382 g/mol. The van der Waals surface area contributed by atoms with Crippen LogP contribution in [0.5, 0.6) is 0 Å². The third-order valence-corrected chi connectivity index (χ3v) is 7.12. The van der Waals surface area contributed by atoms with E-state index in [1.54, 1.807) is 0 Å². The first-order chi connectivity index (χ1) is 15.2. The predicted molar refractivity (Wildman–Crippen MR) is 123 cm³/mol. The molecular formula is C28H27NO2. The molecule has 156 valence electrons. The second kappa shape index (κ2) is 8.14. The van der Waals surface area contributed by atoms with Gasteiger partial charge >= 0.3 is 0 Å². The van der Waals surface area contributed by atoms with Gasteiger partial charge in [0.2, 0.25) is 11.8 Å². The highest BCUT2D eigenvalue weighted by Crippen LogP contribution is 2.53. The normalized spacial score (nSPS) is 25.5. The van der Waals surface area contributed by atoms with Crippen LogP contribution in [-0.2, 0) is 16.0 Å². The van der Waals surface area contributed by atoms with Gasteiger partial charge in [-0.1, -0.05) is 85.8 Å². The van der Waals surface area contributed by atoms with Crippen molar-refractivity contribution in [2.45, 2.75) is 38.0 Å². The van der Waals surface area contributed by atoms with Gasteiger partial charge in [0, 0.05) is 0 Å². The lowest BCUT2D eigenvalue weighted by molar-refractivity contribution is -0.122. The molecule has 1 heterocycles. The molecule has 1 saturated heterocycles. The van der Waals surface area contributed by atoms with Gasteiger partial charge in [-0.25, -0.2) is 4.90 Å². The highest BCUT2D eigenvalue weighted by Gasteiger charge is 2.57. The van der Waals surface area contributed by atoms with Gasteiger partial charge in [-0.05, 0) is 53.9 Å². The third-order valence-electron chi connectivity index (χ3n) is 7.12. The standard InChI is InChI=1S/C28H27NO2/c1-2-19-11-9-10-16-24(19)29-27(30)25-22(20-12-5-3-6-13-20)17-18-23(26(25)28(29)31)21-14-7-4-8-15-21/h3-16,22-23,25-26H,2,17-18H2,1H3/t22-,23+,25-,26-/m1/s1. The van der Waals surface area contributed by atoms with Crippen LogP contribution >= 0.6 is 0 Å². The minimum absolute atomic E-state index is 0.0367. The van der Waals surface area contributed by atoms with Crippen molar-refractivity contribution < 1.29 is 9.59 Å². The molecule has 0 unspecified atom stereocenters. The first-order valence-electron chi connectivity index (χ1n) is 11.3. The van der Waals surface area contributed by atoms with E-state index >= 15 is 0 Å². The molecule has 2 amide bonds. The monoisotopic (exact) mass is 409 g/mol. The number of carbonyl (C=O) groups is 2. The predicted octanol–water partition coefficient (Wildman–Crippen LogP) is 5.72. The lowest BCUT2D eigenvalue weighted by Gasteiger charge is -2.37. The van der Waals surface area contributed by atoms with Crippen LogP contribution in [0.3, 0.4) is 0 Å². The second-order valence-electron chi connectivity index (χ2n) is 8.66. The first-order valence-corrected chi connectivity index (χ1v) is 11.3. The number of aryl methyl sites for hydroxylation is 1. The van der Waals surface area contributed by atoms with Gasteiger partial charge in [-0.15, -0.1) is 0 Å². The average Bonchev–Trinajstić information content (AvgIpc) is 3.10. The van der Waals surface area contributed by atoms with Gasteiger partial charge < -0.3 is 0 Å². The number of amides is 2. The summed E-state index contributed by atoms with van der Waals surface area (Å²) in [7, 11) is 0. The Morgan fingerprint density at radius 2 is 1.13 bits per heavy atom. The summed E-state index contributed by atoms with van der Waals surface area (Å²) in [5.41, 5.74) is 4.12. The molecule has 4 atom stereocenters. The van der Waals surface area contributed by atoms with E-state index in [1.807, 2.05) is 60.7 Å². The Hall–Kier alpha value is -3.20. The molecule has 3 aromatic carbocycles. The number of benzene rings is 3. The fourth-order valence-corrected chi connectivity index (χ4v) is 5.69. The van der Waals surface area contributed by atoms with Gasteiger partial charge in [0.1, 0.15) is 0 Å². The molecule has 2 fully saturated rings. The van der Waals surface area contributed by atoms with E-state index in [-0.39, 0.29) is 35.5 Å². The zero-order chi connectivity index (χ0) is 21.4. The van der Waals surface area contributed by atoms with Crippen LogP contribution in [0.2, 0.25) is 0 Å². The number of para-hydroxylation sites is 1. The quantitative estimate of drug-likeness (QED) is 0.517. The van der Waals surface area contributed by atoms with E-state index in [1.165, 1.54) is 4.90 Å². The zero-order valence-electron chi connectivity index (χ0n) is 17.8. The first kappa shape index (κ1) is 19.7. The summed E-state index contributed by atoms with van der Waals surface area (Å²) in [5.74, 6) is -0.573. The van der Waals surface area contributed by atoms with Crippen LogP contribution < -0.4 is 4.90 Å². The van der Waals surface area contributed by atoms with E-state index in [0.717, 1.165) is 41.6 Å². The number of hydrogen-bond acceptors (Lipinski definition) is 2. The Balaban J connectivity index is 1.62. The number of nitrogens with zero attached hydrogens (tertiary/aromatic N) is 1. The number of fused-ring (bicyclic) bond motifs is 1. The molecule has 31 heavy (non-hydrogen) atoms. The minimum atomic E-state index is -0.321. The molecule has 0 spiro atoms. The largest absolute Gasteiger partial charge is 0.274 e. The minimum Gasteiger partial charge on any atom is -0.274 e. The van der Waals surface area contributed by atoms with Crippen molar-refractivity contribution in [3.8, 4) is 0 Å². The smallest absolute Gasteiger partial charge is 0.238 e. The van der Waals surface area contributed by atoms with E-state index in [4.69, 9.17) is 0 Å². The lowest BCUT2D eigenvalue weighted by Crippen LogP contribution is -2.34. The molecule has 3 aromatic rings. The number of carbonyl (C=O) groups excluding carboxylic acids is 2. The Labute approximate surface area is 183 Å². The summed E-state index contributed by atoms with van der Waals surface area (Å²) in [6.45, 7) is 2.07. The van der Waals surface area contributed by atoms with Crippen LogP contribution in [0.15, 0.2) is 84.9 Å². The van der Waals surface area contributed by atoms with Crippen molar-refractivity contribution >= 4 is 17.5 Å². The van der Waals surface area contributed by atoms with Crippen molar-refractivity contribution in [3.63, 3.8) is 0 Å². The van der Waals surface area contributed by atoms with Crippen LogP contribution in [-0.4, -0.2) is 11.8 Å². The topological polar surface area (TPSA) is 37.4 Å². The van der Waals surface area contributed by atoms with Crippen LogP contribution in [0.25, 0.3) is 0 Å². The van der Waals surface area contributed by atoms with Crippen LogP contribution in [0.1, 0.15) is 48.3 Å². The molecule has 2 aliphatic rings. The molecule has 1 aliphatic heterocycles. The fraction of sp³-hybridized carbons (Fsp3) is 0.286. The van der Waals surface area contributed by atoms with Gasteiger partial charge in [0.25, 0.3) is 0 Å². The Morgan fingerprint density at radius 1 is 0.677 bits per heavy atom. The number of anilines is 1. The summed E-state index contributed by atoms with van der Waals surface area (Å²) < 4.78 is 0. The zero-order valence-corrected chi connectivity index (χ0v) is 17.8. The van der Waals surface area contributed by atoms with E-state index < -0.39 is 0 Å². The van der Waals surface area contributed by atoms with E-state index in [2.05, 4.69) is 31.2 Å². The molecule has 0 N–H and O–H groups in total.